The van der Waals surface area contributed by atoms with Crippen LogP contribution in [0.25, 0.3) is 6.08 Å². The Morgan fingerprint density at radius 3 is 2.65 bits per heavy atom. The molecule has 0 radical (unpaired) electrons. The van der Waals surface area contributed by atoms with Crippen molar-refractivity contribution in [1.82, 2.24) is 4.90 Å². The Kier molecular flexibility index (Phi) is 7.14. The van der Waals surface area contributed by atoms with Gasteiger partial charge in [0.1, 0.15) is 5.76 Å². The summed E-state index contributed by atoms with van der Waals surface area (Å²) in [4.78, 5) is 25.7. The minimum atomic E-state index is -0.470. The predicted octanol–water partition coefficient (Wildman–Crippen LogP) is 5.64. The largest absolute Gasteiger partial charge is 0.467 e. The van der Waals surface area contributed by atoms with Crippen molar-refractivity contribution in [2.45, 2.75) is 13.5 Å². The molecule has 34 heavy (non-hydrogen) atoms. The number of benzene rings is 2. The molecule has 2 aromatic carbocycles. The van der Waals surface area contributed by atoms with Crippen molar-refractivity contribution in [2.24, 2.45) is 10.2 Å². The summed E-state index contributed by atoms with van der Waals surface area (Å²) in [7, 11) is 0. The predicted molar refractivity (Wildman–Crippen MR) is 133 cm³/mol. The highest BCUT2D eigenvalue weighted by Crippen LogP contribution is 2.33. The van der Waals surface area contributed by atoms with Crippen molar-refractivity contribution < 1.29 is 14.1 Å². The molecule has 3 aromatic rings. The first-order valence-electron chi connectivity index (χ1n) is 10.3. The third kappa shape index (κ3) is 5.76. The molecule has 0 bridgehead atoms. The van der Waals surface area contributed by atoms with Gasteiger partial charge in [-0.25, -0.2) is 0 Å². The SMILES string of the molecule is CC(/C=C1\S/C(=N/N=C\c2cccc([N+](=O)[O-])c2)N(Cc2ccco2)C1=O)=C\c1ccccc1. The van der Waals surface area contributed by atoms with Crippen molar-refractivity contribution in [2.75, 3.05) is 0 Å². The van der Waals surface area contributed by atoms with Crippen LogP contribution < -0.4 is 0 Å². The number of thioether (sulfide) groups is 1. The summed E-state index contributed by atoms with van der Waals surface area (Å²) in [6.45, 7) is 2.14. The fourth-order valence-corrected chi connectivity index (χ4v) is 4.19. The zero-order valence-corrected chi connectivity index (χ0v) is 19.0. The molecule has 1 fully saturated rings. The number of allylic oxidation sites excluding steroid dienone is 2. The third-order valence-electron chi connectivity index (χ3n) is 4.77. The van der Waals surface area contributed by atoms with Crippen molar-refractivity contribution in [3.63, 3.8) is 0 Å². The van der Waals surface area contributed by atoms with Gasteiger partial charge < -0.3 is 4.42 Å². The topological polar surface area (TPSA) is 101 Å². The van der Waals surface area contributed by atoms with E-state index in [1.807, 2.05) is 49.4 Å². The molecule has 0 saturated carbocycles. The lowest BCUT2D eigenvalue weighted by molar-refractivity contribution is -0.384. The fraction of sp³-hybridized carbons (Fsp3) is 0.0800. The number of carbonyl (C=O) groups is 1. The summed E-state index contributed by atoms with van der Waals surface area (Å²) in [5.74, 6) is 0.411. The van der Waals surface area contributed by atoms with E-state index in [4.69, 9.17) is 4.42 Å². The van der Waals surface area contributed by atoms with E-state index >= 15 is 0 Å². The quantitative estimate of drug-likeness (QED) is 0.192. The number of amidine groups is 1. The summed E-state index contributed by atoms with van der Waals surface area (Å²) < 4.78 is 5.41. The second-order valence-electron chi connectivity index (χ2n) is 7.36. The number of amides is 1. The lowest BCUT2D eigenvalue weighted by Crippen LogP contribution is -2.28. The van der Waals surface area contributed by atoms with Crippen LogP contribution in [0.2, 0.25) is 0 Å². The monoisotopic (exact) mass is 472 g/mol. The highest BCUT2D eigenvalue weighted by atomic mass is 32.2. The van der Waals surface area contributed by atoms with Gasteiger partial charge in [0.25, 0.3) is 11.6 Å². The smallest absolute Gasteiger partial charge is 0.270 e. The molecule has 0 N–H and O–H groups in total. The standard InChI is InChI=1S/C25H20N4O4S/c1-18(13-19-7-3-2-4-8-19)14-23-24(30)28(17-22-11-6-12-33-22)25(34-23)27-26-16-20-9-5-10-21(15-20)29(31)32/h2-16H,17H2,1H3/b18-13+,23-14-,26-16-,27-25+. The molecule has 4 rings (SSSR count). The maximum absolute atomic E-state index is 13.1. The van der Waals surface area contributed by atoms with Gasteiger partial charge in [0, 0.05) is 17.7 Å². The molecule has 2 heterocycles. The fourth-order valence-electron chi connectivity index (χ4n) is 3.20. The number of non-ortho nitro benzene ring substituents is 1. The van der Waals surface area contributed by atoms with Crippen LogP contribution in [0.1, 0.15) is 23.8 Å². The maximum Gasteiger partial charge on any atom is 0.270 e. The number of hydrogen-bond donors (Lipinski definition) is 0. The Morgan fingerprint density at radius 1 is 1.12 bits per heavy atom. The van der Waals surface area contributed by atoms with Crippen molar-refractivity contribution in [1.29, 1.82) is 0 Å². The molecule has 0 aliphatic carbocycles. The molecule has 170 valence electrons. The average Bonchev–Trinajstić information content (AvgIpc) is 3.44. The Balaban J connectivity index is 1.60. The summed E-state index contributed by atoms with van der Waals surface area (Å²) >= 11 is 1.21. The van der Waals surface area contributed by atoms with Gasteiger partial charge >= 0.3 is 0 Å². The van der Waals surface area contributed by atoms with Crippen LogP contribution in [0, 0.1) is 10.1 Å². The van der Waals surface area contributed by atoms with Gasteiger partial charge in [-0.1, -0.05) is 48.5 Å². The van der Waals surface area contributed by atoms with Crippen LogP contribution in [0.15, 0.2) is 104 Å². The van der Waals surface area contributed by atoms with Crippen LogP contribution in [0.3, 0.4) is 0 Å². The molecule has 1 saturated heterocycles. The van der Waals surface area contributed by atoms with Crippen LogP contribution in [-0.2, 0) is 11.3 Å². The van der Waals surface area contributed by atoms with Gasteiger partial charge in [0.2, 0.25) is 0 Å². The first kappa shape index (κ1) is 22.9. The number of nitro benzene ring substituents is 1. The highest BCUT2D eigenvalue weighted by Gasteiger charge is 2.34. The number of nitrogens with zero attached hydrogens (tertiary/aromatic N) is 4. The van der Waals surface area contributed by atoms with Gasteiger partial charge in [0.05, 0.1) is 28.9 Å². The van der Waals surface area contributed by atoms with Crippen LogP contribution in [0.4, 0.5) is 5.69 Å². The number of furan rings is 1. The van der Waals surface area contributed by atoms with E-state index in [-0.39, 0.29) is 18.1 Å². The summed E-state index contributed by atoms with van der Waals surface area (Å²) in [6.07, 6.45) is 6.78. The normalized spacial score (nSPS) is 16.8. The van der Waals surface area contributed by atoms with Crippen LogP contribution >= 0.6 is 11.8 Å². The number of rotatable bonds is 7. The van der Waals surface area contributed by atoms with Gasteiger partial charge in [-0.3, -0.25) is 19.8 Å². The van der Waals surface area contributed by atoms with Crippen molar-refractivity contribution in [3.05, 3.63) is 117 Å². The molecular weight excluding hydrogens is 452 g/mol. The van der Waals surface area contributed by atoms with Crippen LogP contribution in [-0.4, -0.2) is 27.1 Å². The second kappa shape index (κ2) is 10.6. The molecule has 0 atom stereocenters. The molecule has 9 heteroatoms. The maximum atomic E-state index is 13.1. The summed E-state index contributed by atoms with van der Waals surface area (Å²) in [5.41, 5.74) is 2.45. The van der Waals surface area contributed by atoms with E-state index in [0.29, 0.717) is 21.4 Å². The molecule has 1 aliphatic rings. The van der Waals surface area contributed by atoms with E-state index in [9.17, 15) is 14.9 Å². The van der Waals surface area contributed by atoms with Gasteiger partial charge in [-0.15, -0.1) is 5.10 Å². The number of nitro groups is 1. The molecule has 1 aliphatic heterocycles. The Morgan fingerprint density at radius 2 is 1.91 bits per heavy atom. The Bertz CT molecular complexity index is 1310. The van der Waals surface area contributed by atoms with E-state index in [2.05, 4.69) is 10.2 Å². The number of hydrogen-bond acceptors (Lipinski definition) is 7. The molecular formula is C25H20N4O4S. The Labute approximate surface area is 200 Å². The van der Waals surface area contributed by atoms with E-state index in [1.165, 1.54) is 35.0 Å². The molecule has 0 spiro atoms. The van der Waals surface area contributed by atoms with Gasteiger partial charge in [0.15, 0.2) is 5.17 Å². The summed E-state index contributed by atoms with van der Waals surface area (Å²) in [6, 6.07) is 19.4. The minimum Gasteiger partial charge on any atom is -0.467 e. The molecule has 1 amide bonds. The minimum absolute atomic E-state index is 0.0348. The van der Waals surface area contributed by atoms with Crippen LogP contribution in [0.5, 0.6) is 0 Å². The summed E-state index contributed by atoms with van der Waals surface area (Å²) in [5, 5.41) is 19.7. The lowest BCUT2D eigenvalue weighted by atomic mass is 10.1. The van der Waals surface area contributed by atoms with Crippen molar-refractivity contribution >= 4 is 40.8 Å². The van der Waals surface area contributed by atoms with E-state index < -0.39 is 4.92 Å². The first-order chi connectivity index (χ1) is 16.5. The second-order valence-corrected chi connectivity index (χ2v) is 8.37. The third-order valence-corrected chi connectivity index (χ3v) is 5.76. The molecule has 0 unspecified atom stereocenters. The van der Waals surface area contributed by atoms with E-state index in [0.717, 1.165) is 11.1 Å². The first-order valence-corrected chi connectivity index (χ1v) is 11.1. The number of carbonyl (C=O) groups excluding carboxylic acids is 1. The zero-order valence-electron chi connectivity index (χ0n) is 18.2. The highest BCUT2D eigenvalue weighted by molar-refractivity contribution is 8.18. The molecule has 8 nitrogen and oxygen atoms in total. The molecule has 1 aromatic heterocycles. The lowest BCUT2D eigenvalue weighted by Gasteiger charge is -2.12. The van der Waals surface area contributed by atoms with E-state index in [1.54, 1.807) is 30.5 Å². The average molecular weight is 473 g/mol. The zero-order chi connectivity index (χ0) is 23.9. The van der Waals surface area contributed by atoms with Crippen molar-refractivity contribution in [3.8, 4) is 0 Å². The Hall–Kier alpha value is -4.24. The van der Waals surface area contributed by atoms with Gasteiger partial charge in [-0.05, 0) is 48.0 Å². The van der Waals surface area contributed by atoms with Gasteiger partial charge in [-0.2, -0.15) is 5.10 Å².